The van der Waals surface area contributed by atoms with Gasteiger partial charge in [-0.2, -0.15) is 0 Å². The van der Waals surface area contributed by atoms with Crippen molar-refractivity contribution < 1.29 is 0 Å². The first-order valence-corrected chi connectivity index (χ1v) is 4.28. The van der Waals surface area contributed by atoms with Gasteiger partial charge in [0.05, 0.1) is 0 Å². The van der Waals surface area contributed by atoms with Crippen molar-refractivity contribution in [1.29, 1.82) is 0 Å². The highest BCUT2D eigenvalue weighted by atomic mass is 35.5. The van der Waals surface area contributed by atoms with Gasteiger partial charge >= 0.3 is 0 Å². The van der Waals surface area contributed by atoms with Crippen molar-refractivity contribution in [2.24, 2.45) is 10.2 Å². The van der Waals surface area contributed by atoms with Crippen molar-refractivity contribution in [1.82, 2.24) is 0 Å². The van der Waals surface area contributed by atoms with E-state index in [2.05, 4.69) is 10.2 Å². The molecular formula is C9H9ClN2. The maximum atomic E-state index is 6.00. The molecule has 0 fully saturated rings. The zero-order valence-electron chi connectivity index (χ0n) is 6.74. The molecule has 1 aromatic carbocycles. The number of benzene rings is 1. The van der Waals surface area contributed by atoms with E-state index in [4.69, 9.17) is 11.6 Å². The Bertz CT molecular complexity index is 302. The minimum absolute atomic E-state index is 0.167. The summed E-state index contributed by atoms with van der Waals surface area (Å²) >= 11 is 6.00. The van der Waals surface area contributed by atoms with Crippen molar-refractivity contribution >= 4 is 11.6 Å². The molecule has 2 nitrogen and oxygen atoms in total. The Hall–Kier alpha value is -0.890. The molecule has 1 aromatic rings. The second-order valence-electron chi connectivity index (χ2n) is 2.97. The molecule has 12 heavy (non-hydrogen) atoms. The lowest BCUT2D eigenvalue weighted by atomic mass is 10.00. The Labute approximate surface area is 76.3 Å². The van der Waals surface area contributed by atoms with Crippen molar-refractivity contribution in [3.05, 3.63) is 35.9 Å². The molecule has 0 aliphatic carbocycles. The molecule has 0 aromatic heterocycles. The van der Waals surface area contributed by atoms with E-state index in [1.807, 2.05) is 37.3 Å². The van der Waals surface area contributed by atoms with Crippen LogP contribution in [-0.4, -0.2) is 5.12 Å². The number of alkyl halides is 1. The number of rotatable bonds is 2. The van der Waals surface area contributed by atoms with Gasteiger partial charge in [-0.25, -0.2) is 0 Å². The normalized spacial score (nSPS) is 20.5. The number of hydrogen-bond acceptors (Lipinski definition) is 2. The number of halogens is 1. The van der Waals surface area contributed by atoms with Gasteiger partial charge in [-0.3, -0.25) is 0 Å². The molecule has 62 valence electrons. The summed E-state index contributed by atoms with van der Waals surface area (Å²) < 4.78 is 0. The summed E-state index contributed by atoms with van der Waals surface area (Å²) in [6.07, 6.45) is 0. The molecule has 1 aliphatic heterocycles. The number of hydrogen-bond donors (Lipinski definition) is 0. The lowest BCUT2D eigenvalue weighted by Crippen LogP contribution is -2.11. The van der Waals surface area contributed by atoms with Gasteiger partial charge in [0, 0.05) is 5.92 Å². The van der Waals surface area contributed by atoms with Gasteiger partial charge < -0.3 is 0 Å². The summed E-state index contributed by atoms with van der Waals surface area (Å²) in [5.41, 5.74) is 1.18. The minimum Gasteiger partial charge on any atom is -0.140 e. The average Bonchev–Trinajstić information content (AvgIpc) is 2.85. The van der Waals surface area contributed by atoms with Gasteiger partial charge in [0.2, 0.25) is 0 Å². The quantitative estimate of drug-likeness (QED) is 0.494. The summed E-state index contributed by atoms with van der Waals surface area (Å²) in [5, 5.41) is 6.94. The van der Waals surface area contributed by atoms with Gasteiger partial charge in [-0.15, -0.1) is 10.2 Å². The maximum absolute atomic E-state index is 6.00. The van der Waals surface area contributed by atoms with Crippen molar-refractivity contribution in [2.75, 3.05) is 0 Å². The summed E-state index contributed by atoms with van der Waals surface area (Å²) in [6, 6.07) is 10.1. The van der Waals surface area contributed by atoms with Crippen molar-refractivity contribution in [3.63, 3.8) is 0 Å². The van der Waals surface area contributed by atoms with Gasteiger partial charge in [-0.1, -0.05) is 48.9 Å². The first kappa shape index (κ1) is 7.74. The zero-order valence-corrected chi connectivity index (χ0v) is 7.49. The molecule has 3 heteroatoms. The molecule has 0 spiro atoms. The first-order chi connectivity index (χ1) is 5.72. The predicted octanol–water partition coefficient (Wildman–Crippen LogP) is 3.15. The van der Waals surface area contributed by atoms with Crippen LogP contribution in [0.5, 0.6) is 0 Å². The summed E-state index contributed by atoms with van der Waals surface area (Å²) in [7, 11) is 0. The fourth-order valence-electron chi connectivity index (χ4n) is 1.17. The standard InChI is InChI=1S/C9H9ClN2/c1-7(9(10)11-12-9)8-5-3-2-4-6-8/h2-7H,1H3. The van der Waals surface area contributed by atoms with Crippen LogP contribution < -0.4 is 0 Å². The van der Waals surface area contributed by atoms with Crippen LogP contribution in [0.25, 0.3) is 0 Å². The van der Waals surface area contributed by atoms with E-state index in [1.54, 1.807) is 0 Å². The Balaban J connectivity index is 2.21. The summed E-state index contributed by atoms with van der Waals surface area (Å²) in [6.45, 7) is 2.03. The lowest BCUT2D eigenvalue weighted by Gasteiger charge is -2.12. The molecule has 0 saturated carbocycles. The maximum Gasteiger partial charge on any atom is 0.269 e. The zero-order chi connectivity index (χ0) is 8.60. The van der Waals surface area contributed by atoms with Crippen LogP contribution in [0.1, 0.15) is 18.4 Å². The SMILES string of the molecule is CC(c1ccccc1)C1(Cl)N=N1. The highest BCUT2D eigenvalue weighted by Crippen LogP contribution is 2.45. The molecule has 0 saturated heterocycles. The van der Waals surface area contributed by atoms with Crippen LogP contribution in [0.4, 0.5) is 0 Å². The van der Waals surface area contributed by atoms with Crippen LogP contribution >= 0.6 is 11.6 Å². The molecule has 0 radical (unpaired) electrons. The van der Waals surface area contributed by atoms with E-state index >= 15 is 0 Å². The molecule has 2 rings (SSSR count). The van der Waals surface area contributed by atoms with Crippen LogP contribution in [-0.2, 0) is 0 Å². The topological polar surface area (TPSA) is 24.7 Å². The van der Waals surface area contributed by atoms with Gasteiger partial charge in [0.25, 0.3) is 5.12 Å². The Morgan fingerprint density at radius 3 is 2.33 bits per heavy atom. The van der Waals surface area contributed by atoms with E-state index in [0.29, 0.717) is 0 Å². The molecule has 1 heterocycles. The average molecular weight is 181 g/mol. The highest BCUT2D eigenvalue weighted by Gasteiger charge is 2.44. The third kappa shape index (κ3) is 1.23. The van der Waals surface area contributed by atoms with Crippen LogP contribution in [0.15, 0.2) is 40.6 Å². The largest absolute Gasteiger partial charge is 0.269 e. The van der Waals surface area contributed by atoms with Gasteiger partial charge in [0.15, 0.2) is 0 Å². The fraction of sp³-hybridized carbons (Fsp3) is 0.333. The molecule has 0 bridgehead atoms. The van der Waals surface area contributed by atoms with E-state index in [0.717, 1.165) is 0 Å². The minimum atomic E-state index is -0.665. The van der Waals surface area contributed by atoms with Crippen molar-refractivity contribution in [2.45, 2.75) is 18.0 Å². The van der Waals surface area contributed by atoms with E-state index in [9.17, 15) is 0 Å². The predicted molar refractivity (Wildman–Crippen MR) is 48.3 cm³/mol. The van der Waals surface area contributed by atoms with Crippen molar-refractivity contribution in [3.8, 4) is 0 Å². The molecule has 0 N–H and O–H groups in total. The van der Waals surface area contributed by atoms with Gasteiger partial charge in [0.1, 0.15) is 0 Å². The Morgan fingerprint density at radius 2 is 1.83 bits per heavy atom. The Kier molecular flexibility index (Phi) is 1.65. The molecule has 0 amide bonds. The first-order valence-electron chi connectivity index (χ1n) is 3.90. The van der Waals surface area contributed by atoms with Crippen LogP contribution in [0.2, 0.25) is 0 Å². The summed E-state index contributed by atoms with van der Waals surface area (Å²) in [4.78, 5) is 0. The molecule has 1 aliphatic rings. The van der Waals surface area contributed by atoms with E-state index in [-0.39, 0.29) is 5.92 Å². The smallest absolute Gasteiger partial charge is 0.140 e. The molecular weight excluding hydrogens is 172 g/mol. The molecule has 1 atom stereocenters. The summed E-state index contributed by atoms with van der Waals surface area (Å²) in [5.74, 6) is 0.167. The second-order valence-corrected chi connectivity index (χ2v) is 3.52. The Morgan fingerprint density at radius 1 is 1.25 bits per heavy atom. The third-order valence-corrected chi connectivity index (χ3v) is 2.62. The van der Waals surface area contributed by atoms with Gasteiger partial charge in [-0.05, 0) is 5.56 Å². The number of nitrogens with zero attached hydrogens (tertiary/aromatic N) is 2. The molecule has 1 unspecified atom stereocenters. The third-order valence-electron chi connectivity index (χ3n) is 2.14. The second kappa shape index (κ2) is 2.56. The van der Waals surface area contributed by atoms with Crippen LogP contribution in [0, 0.1) is 0 Å². The lowest BCUT2D eigenvalue weighted by molar-refractivity contribution is 0.664. The van der Waals surface area contributed by atoms with Crippen LogP contribution in [0.3, 0.4) is 0 Å². The highest BCUT2D eigenvalue weighted by molar-refractivity contribution is 6.25. The fourth-order valence-corrected chi connectivity index (χ4v) is 1.34. The van der Waals surface area contributed by atoms with E-state index < -0.39 is 5.12 Å². The van der Waals surface area contributed by atoms with E-state index in [1.165, 1.54) is 5.56 Å². The monoisotopic (exact) mass is 180 g/mol.